The van der Waals surface area contributed by atoms with Crippen molar-refractivity contribution in [3.8, 4) is 11.5 Å². The Bertz CT molecular complexity index is 947. The molecule has 0 saturated carbocycles. The Balaban J connectivity index is 1.32. The first-order chi connectivity index (χ1) is 14.2. The average molecular weight is 427 g/mol. The molecule has 2 aliphatic heterocycles. The number of rotatable bonds is 4. The van der Waals surface area contributed by atoms with E-state index < -0.39 is 0 Å². The summed E-state index contributed by atoms with van der Waals surface area (Å²) in [5.74, 6) is 4.16. The zero-order valence-corrected chi connectivity index (χ0v) is 18.5. The molecule has 2 heterocycles. The standard InChI is InChI=1S/C23H26N2O2S2/c1-26-20-9-15-5-6-25(13-17(15)10-21(20)27-2)14-24-18-4-3-16-11-22-23(19(16)12-18)29-8-7-28-22/h3-4,9-10,12,14,22-23H,5-8,11,13H2,1-2H3. The maximum atomic E-state index is 5.47. The molecule has 2 aromatic carbocycles. The number of benzene rings is 2. The zero-order valence-electron chi connectivity index (χ0n) is 16.9. The Labute approximate surface area is 181 Å². The van der Waals surface area contributed by atoms with Crippen molar-refractivity contribution in [1.29, 1.82) is 0 Å². The molecule has 0 amide bonds. The lowest BCUT2D eigenvalue weighted by atomic mass is 9.99. The van der Waals surface area contributed by atoms with E-state index in [1.807, 2.05) is 6.34 Å². The van der Waals surface area contributed by atoms with Gasteiger partial charge in [0.2, 0.25) is 0 Å². The fourth-order valence-electron chi connectivity index (χ4n) is 4.51. The van der Waals surface area contributed by atoms with Crippen LogP contribution in [0.4, 0.5) is 5.69 Å². The number of ether oxygens (including phenoxy) is 2. The normalized spacial score (nSPS) is 22.9. The van der Waals surface area contributed by atoms with Gasteiger partial charge < -0.3 is 14.4 Å². The number of nitrogens with zero attached hydrogens (tertiary/aromatic N) is 2. The summed E-state index contributed by atoms with van der Waals surface area (Å²) in [6.07, 6.45) is 4.22. The molecule has 4 nitrogen and oxygen atoms in total. The molecule has 2 unspecified atom stereocenters. The van der Waals surface area contributed by atoms with Gasteiger partial charge in [-0.3, -0.25) is 0 Å². The van der Waals surface area contributed by atoms with Gasteiger partial charge in [-0.2, -0.15) is 23.5 Å². The number of thioether (sulfide) groups is 2. The van der Waals surface area contributed by atoms with E-state index >= 15 is 0 Å². The third kappa shape index (κ3) is 3.73. The van der Waals surface area contributed by atoms with Crippen LogP contribution in [0.2, 0.25) is 0 Å². The van der Waals surface area contributed by atoms with Crippen LogP contribution in [0, 0.1) is 0 Å². The topological polar surface area (TPSA) is 34.1 Å². The quantitative estimate of drug-likeness (QED) is 0.515. The second-order valence-corrected chi connectivity index (χ2v) is 10.3. The Kier molecular flexibility index (Phi) is 5.39. The molecule has 5 rings (SSSR count). The average Bonchev–Trinajstić information content (AvgIpc) is 3.14. The number of methoxy groups -OCH3 is 2. The van der Waals surface area contributed by atoms with E-state index in [1.165, 1.54) is 40.2 Å². The molecule has 0 radical (unpaired) electrons. The summed E-state index contributed by atoms with van der Waals surface area (Å²) >= 11 is 4.27. The van der Waals surface area contributed by atoms with E-state index in [2.05, 4.69) is 58.8 Å². The summed E-state index contributed by atoms with van der Waals surface area (Å²) in [6, 6.07) is 11.0. The minimum Gasteiger partial charge on any atom is -0.493 e. The third-order valence-corrected chi connectivity index (χ3v) is 9.14. The van der Waals surface area contributed by atoms with Gasteiger partial charge in [0.05, 0.1) is 26.2 Å². The van der Waals surface area contributed by atoms with Crippen LogP contribution in [0.3, 0.4) is 0 Å². The molecule has 0 N–H and O–H groups in total. The molecule has 1 saturated heterocycles. The Hall–Kier alpha value is -1.79. The van der Waals surface area contributed by atoms with Crippen LogP contribution in [0.15, 0.2) is 35.3 Å². The van der Waals surface area contributed by atoms with Crippen LogP contribution in [-0.2, 0) is 19.4 Å². The van der Waals surface area contributed by atoms with Crippen LogP contribution in [-0.4, -0.2) is 48.8 Å². The SMILES string of the molecule is COc1cc2c(cc1OC)CN(C=Nc1ccc3c(c1)C1SCCSC1C3)CC2. The van der Waals surface area contributed by atoms with E-state index in [-0.39, 0.29) is 0 Å². The molecule has 29 heavy (non-hydrogen) atoms. The summed E-state index contributed by atoms with van der Waals surface area (Å²) in [6.45, 7) is 1.81. The second kappa shape index (κ2) is 8.15. The van der Waals surface area contributed by atoms with Gasteiger partial charge in [0.1, 0.15) is 0 Å². The monoisotopic (exact) mass is 426 g/mol. The molecule has 0 bridgehead atoms. The summed E-state index contributed by atoms with van der Waals surface area (Å²) in [7, 11) is 3.38. The summed E-state index contributed by atoms with van der Waals surface area (Å²) < 4.78 is 10.9. The second-order valence-electron chi connectivity index (χ2n) is 7.73. The largest absolute Gasteiger partial charge is 0.493 e. The highest BCUT2D eigenvalue weighted by molar-refractivity contribution is 8.06. The Morgan fingerprint density at radius 3 is 2.62 bits per heavy atom. The van der Waals surface area contributed by atoms with Crippen LogP contribution in [0.25, 0.3) is 0 Å². The van der Waals surface area contributed by atoms with Crippen molar-refractivity contribution in [3.63, 3.8) is 0 Å². The predicted molar refractivity (Wildman–Crippen MR) is 123 cm³/mol. The molecule has 3 aliphatic rings. The molecule has 6 heteroatoms. The van der Waals surface area contributed by atoms with Crippen molar-refractivity contribution < 1.29 is 9.47 Å². The highest BCUT2D eigenvalue weighted by atomic mass is 32.2. The third-order valence-electron chi connectivity index (χ3n) is 6.03. The first-order valence-corrected chi connectivity index (χ1v) is 12.2. The van der Waals surface area contributed by atoms with Crippen molar-refractivity contribution in [3.05, 3.63) is 52.6 Å². The summed E-state index contributed by atoms with van der Waals surface area (Å²) in [4.78, 5) is 7.11. The summed E-state index contributed by atoms with van der Waals surface area (Å²) in [5.41, 5.74) is 6.73. The number of hydrogen-bond acceptors (Lipinski definition) is 5. The van der Waals surface area contributed by atoms with E-state index in [0.717, 1.165) is 41.9 Å². The van der Waals surface area contributed by atoms with E-state index in [0.29, 0.717) is 5.25 Å². The fraction of sp³-hybridized carbons (Fsp3) is 0.435. The minimum atomic E-state index is 0.656. The van der Waals surface area contributed by atoms with Gasteiger partial charge in [-0.15, -0.1) is 0 Å². The Morgan fingerprint density at radius 1 is 1.00 bits per heavy atom. The van der Waals surface area contributed by atoms with Crippen molar-refractivity contribution >= 4 is 35.5 Å². The molecule has 152 valence electrons. The maximum Gasteiger partial charge on any atom is 0.161 e. The van der Waals surface area contributed by atoms with Crippen LogP contribution in [0.5, 0.6) is 11.5 Å². The number of fused-ring (bicyclic) bond motifs is 4. The molecule has 2 atom stereocenters. The van der Waals surface area contributed by atoms with Gasteiger partial charge in [0, 0.05) is 35.1 Å². The van der Waals surface area contributed by atoms with E-state index in [9.17, 15) is 0 Å². The smallest absolute Gasteiger partial charge is 0.161 e. The zero-order chi connectivity index (χ0) is 19.8. The van der Waals surface area contributed by atoms with Crippen molar-refractivity contribution in [2.75, 3.05) is 32.3 Å². The van der Waals surface area contributed by atoms with Gasteiger partial charge >= 0.3 is 0 Å². The van der Waals surface area contributed by atoms with Crippen LogP contribution < -0.4 is 9.47 Å². The number of aliphatic imine (C=N–C) groups is 1. The lowest BCUT2D eigenvalue weighted by Gasteiger charge is -2.28. The van der Waals surface area contributed by atoms with Crippen molar-refractivity contribution in [2.24, 2.45) is 4.99 Å². The summed E-state index contributed by atoms with van der Waals surface area (Å²) in [5, 5.41) is 1.41. The minimum absolute atomic E-state index is 0.656. The molecule has 0 spiro atoms. The molecule has 1 aliphatic carbocycles. The highest BCUT2D eigenvalue weighted by Crippen LogP contribution is 2.50. The molecular formula is C23H26N2O2S2. The van der Waals surface area contributed by atoms with E-state index in [4.69, 9.17) is 14.5 Å². The first-order valence-electron chi connectivity index (χ1n) is 10.1. The van der Waals surface area contributed by atoms with Gasteiger partial charge in [-0.05, 0) is 59.4 Å². The first kappa shape index (κ1) is 19.2. The lowest BCUT2D eigenvalue weighted by molar-refractivity contribution is 0.349. The van der Waals surface area contributed by atoms with Gasteiger partial charge in [-0.25, -0.2) is 4.99 Å². The van der Waals surface area contributed by atoms with E-state index in [1.54, 1.807) is 14.2 Å². The Morgan fingerprint density at radius 2 is 1.79 bits per heavy atom. The molecule has 2 aromatic rings. The van der Waals surface area contributed by atoms with Crippen molar-refractivity contribution in [2.45, 2.75) is 29.9 Å². The van der Waals surface area contributed by atoms with Crippen LogP contribution in [0.1, 0.15) is 27.5 Å². The van der Waals surface area contributed by atoms with Gasteiger partial charge in [-0.1, -0.05) is 6.07 Å². The lowest BCUT2D eigenvalue weighted by Crippen LogP contribution is -2.29. The molecule has 1 fully saturated rings. The van der Waals surface area contributed by atoms with Gasteiger partial charge in [0.15, 0.2) is 11.5 Å². The van der Waals surface area contributed by atoms with Gasteiger partial charge in [0.25, 0.3) is 0 Å². The molecular weight excluding hydrogens is 400 g/mol. The van der Waals surface area contributed by atoms with Crippen LogP contribution >= 0.6 is 23.5 Å². The fourth-order valence-corrected chi connectivity index (χ4v) is 7.63. The number of hydrogen-bond donors (Lipinski definition) is 0. The van der Waals surface area contributed by atoms with Crippen molar-refractivity contribution in [1.82, 2.24) is 4.90 Å². The maximum absolute atomic E-state index is 5.47. The highest BCUT2D eigenvalue weighted by Gasteiger charge is 2.35. The molecule has 0 aromatic heterocycles. The predicted octanol–water partition coefficient (Wildman–Crippen LogP) is 4.87.